The van der Waals surface area contributed by atoms with E-state index in [0.717, 1.165) is 0 Å². The largest absolute Gasteiger partial charge is 0.453 e. The van der Waals surface area contributed by atoms with E-state index in [1.165, 1.54) is 11.0 Å². The molecule has 31 heavy (non-hydrogen) atoms. The maximum absolute atomic E-state index is 13.9. The van der Waals surface area contributed by atoms with Gasteiger partial charge in [-0.15, -0.1) is 0 Å². The Morgan fingerprint density at radius 2 is 1.94 bits per heavy atom. The number of nitrogens with zero attached hydrogens (tertiary/aromatic N) is 1. The number of amides is 1. The number of Topliss-reactive ketones (excluding diaryl/α,β-unsaturated/α-hetero) is 1. The standard InChI is InChI=1S/C22H21FINO6/c1-10-19-18(20(27)30-10)16(11-5-6-12(23)13(24)7-11)17-14(8-29-9-15(17)26)25(19)21(28)31-22(2,3)4/h5-7,10,16H,8-9H2,1-4H3/t10-,16+/m0/s1. The zero-order valence-corrected chi connectivity index (χ0v) is 19.6. The first-order valence-electron chi connectivity index (χ1n) is 9.76. The average molecular weight is 541 g/mol. The van der Waals surface area contributed by atoms with Gasteiger partial charge in [-0.25, -0.2) is 18.9 Å². The molecule has 0 radical (unpaired) electrons. The van der Waals surface area contributed by atoms with Crippen LogP contribution in [0.15, 0.2) is 40.7 Å². The molecule has 3 heterocycles. The molecule has 4 rings (SSSR count). The molecule has 0 saturated heterocycles. The molecule has 0 bridgehead atoms. The molecular weight excluding hydrogens is 520 g/mol. The number of halogens is 2. The van der Waals surface area contributed by atoms with Crippen LogP contribution in [0.3, 0.4) is 0 Å². The Labute approximate surface area is 192 Å². The summed E-state index contributed by atoms with van der Waals surface area (Å²) < 4.78 is 30.7. The van der Waals surface area contributed by atoms with Gasteiger partial charge in [0, 0.05) is 15.1 Å². The van der Waals surface area contributed by atoms with Gasteiger partial charge in [-0.3, -0.25) is 4.79 Å². The highest BCUT2D eigenvalue weighted by Crippen LogP contribution is 2.48. The second kappa shape index (κ2) is 7.70. The van der Waals surface area contributed by atoms with E-state index in [1.54, 1.807) is 39.8 Å². The lowest BCUT2D eigenvalue weighted by Crippen LogP contribution is -2.45. The van der Waals surface area contributed by atoms with Crippen LogP contribution in [-0.2, 0) is 23.8 Å². The number of hydrogen-bond donors (Lipinski definition) is 0. The SMILES string of the molecule is C[C@@H]1OC(=O)C2=C1N(C(=O)OC(C)(C)C)C1=C(C(=O)COC1)[C@H]2c1ccc(F)c(I)c1. The van der Waals surface area contributed by atoms with Crippen molar-refractivity contribution in [3.8, 4) is 0 Å². The molecule has 3 aliphatic rings. The Bertz CT molecular complexity index is 1070. The fourth-order valence-corrected chi connectivity index (χ4v) is 4.61. The van der Waals surface area contributed by atoms with Gasteiger partial charge in [0.05, 0.1) is 23.6 Å². The number of cyclic esters (lactones) is 1. The second-order valence-electron chi connectivity index (χ2n) is 8.55. The first-order chi connectivity index (χ1) is 14.5. The summed E-state index contributed by atoms with van der Waals surface area (Å²) in [7, 11) is 0. The van der Waals surface area contributed by atoms with Crippen LogP contribution in [0.4, 0.5) is 9.18 Å². The van der Waals surface area contributed by atoms with Crippen molar-refractivity contribution in [3.63, 3.8) is 0 Å². The molecule has 1 aromatic carbocycles. The summed E-state index contributed by atoms with van der Waals surface area (Å²) in [5.74, 6) is -2.16. The molecule has 0 aromatic heterocycles. The van der Waals surface area contributed by atoms with Gasteiger partial charge >= 0.3 is 12.1 Å². The predicted octanol–water partition coefficient (Wildman–Crippen LogP) is 3.82. The van der Waals surface area contributed by atoms with Crippen LogP contribution in [0, 0.1) is 9.39 Å². The van der Waals surface area contributed by atoms with Crippen LogP contribution in [0.1, 0.15) is 39.2 Å². The van der Waals surface area contributed by atoms with Crippen LogP contribution >= 0.6 is 22.6 Å². The van der Waals surface area contributed by atoms with E-state index in [2.05, 4.69) is 0 Å². The highest BCUT2D eigenvalue weighted by Gasteiger charge is 2.51. The number of hydrogen-bond acceptors (Lipinski definition) is 6. The summed E-state index contributed by atoms with van der Waals surface area (Å²) in [6, 6.07) is 4.43. The van der Waals surface area contributed by atoms with Crippen molar-refractivity contribution < 1.29 is 33.0 Å². The number of rotatable bonds is 1. The number of ether oxygens (including phenoxy) is 3. The quantitative estimate of drug-likeness (QED) is 0.398. The molecule has 3 aliphatic heterocycles. The van der Waals surface area contributed by atoms with Crippen LogP contribution in [0.2, 0.25) is 0 Å². The zero-order chi connectivity index (χ0) is 22.7. The van der Waals surface area contributed by atoms with E-state index in [9.17, 15) is 18.8 Å². The third kappa shape index (κ3) is 3.78. The van der Waals surface area contributed by atoms with Gasteiger partial charge in [0.2, 0.25) is 0 Å². The highest BCUT2D eigenvalue weighted by molar-refractivity contribution is 14.1. The zero-order valence-electron chi connectivity index (χ0n) is 17.5. The molecule has 1 aromatic rings. The normalized spacial score (nSPS) is 23.6. The molecule has 0 N–H and O–H groups in total. The summed E-state index contributed by atoms with van der Waals surface area (Å²) >= 11 is 1.86. The van der Waals surface area contributed by atoms with Crippen molar-refractivity contribution in [2.24, 2.45) is 0 Å². The summed E-state index contributed by atoms with van der Waals surface area (Å²) in [5.41, 5.74) is 0.865. The minimum absolute atomic E-state index is 0.00715. The summed E-state index contributed by atoms with van der Waals surface area (Å²) in [5, 5.41) is 0. The Kier molecular flexibility index (Phi) is 5.45. The Morgan fingerprint density at radius 3 is 2.58 bits per heavy atom. The first-order valence-corrected chi connectivity index (χ1v) is 10.8. The minimum atomic E-state index is -0.797. The van der Waals surface area contributed by atoms with Crippen LogP contribution < -0.4 is 0 Å². The van der Waals surface area contributed by atoms with Crippen molar-refractivity contribution in [2.75, 3.05) is 13.2 Å². The van der Waals surface area contributed by atoms with Crippen LogP contribution in [0.5, 0.6) is 0 Å². The molecule has 9 heteroatoms. The molecule has 0 unspecified atom stereocenters. The molecule has 0 saturated carbocycles. The van der Waals surface area contributed by atoms with Crippen molar-refractivity contribution in [2.45, 2.75) is 45.3 Å². The molecule has 7 nitrogen and oxygen atoms in total. The molecule has 2 atom stereocenters. The second-order valence-corrected chi connectivity index (χ2v) is 9.71. The predicted molar refractivity (Wildman–Crippen MR) is 115 cm³/mol. The van der Waals surface area contributed by atoms with E-state index >= 15 is 0 Å². The van der Waals surface area contributed by atoms with Gasteiger partial charge in [-0.05, 0) is 68.0 Å². The van der Waals surface area contributed by atoms with Gasteiger partial charge in [0.1, 0.15) is 24.1 Å². The van der Waals surface area contributed by atoms with Crippen molar-refractivity contribution in [3.05, 3.63) is 55.7 Å². The van der Waals surface area contributed by atoms with Gasteiger partial charge in [-0.2, -0.15) is 0 Å². The molecule has 0 fully saturated rings. The van der Waals surface area contributed by atoms with Gasteiger partial charge in [0.25, 0.3) is 0 Å². The number of esters is 1. The van der Waals surface area contributed by atoms with Crippen molar-refractivity contribution in [1.29, 1.82) is 0 Å². The highest BCUT2D eigenvalue weighted by atomic mass is 127. The van der Waals surface area contributed by atoms with E-state index < -0.39 is 35.5 Å². The van der Waals surface area contributed by atoms with E-state index in [1.807, 2.05) is 22.6 Å². The minimum Gasteiger partial charge on any atom is -0.453 e. The van der Waals surface area contributed by atoms with E-state index in [0.29, 0.717) is 20.5 Å². The lowest BCUT2D eigenvalue weighted by Gasteiger charge is -2.39. The Hall–Kier alpha value is -2.27. The maximum atomic E-state index is 13.9. The fourth-order valence-electron chi connectivity index (χ4n) is 4.07. The first kappa shape index (κ1) is 21.9. The van der Waals surface area contributed by atoms with Crippen LogP contribution in [-0.4, -0.2) is 47.7 Å². The third-order valence-electron chi connectivity index (χ3n) is 5.19. The number of carbonyl (C=O) groups is 3. The van der Waals surface area contributed by atoms with E-state index in [-0.39, 0.29) is 30.1 Å². The Morgan fingerprint density at radius 1 is 1.23 bits per heavy atom. The summed E-state index contributed by atoms with van der Waals surface area (Å²) in [6.07, 6.45) is -1.45. The Balaban J connectivity index is 1.96. The lowest BCUT2D eigenvalue weighted by molar-refractivity contribution is -0.139. The van der Waals surface area contributed by atoms with Gasteiger partial charge in [0.15, 0.2) is 5.78 Å². The molecule has 0 aliphatic carbocycles. The monoisotopic (exact) mass is 541 g/mol. The van der Waals surface area contributed by atoms with Gasteiger partial charge < -0.3 is 14.2 Å². The van der Waals surface area contributed by atoms with Crippen LogP contribution in [0.25, 0.3) is 0 Å². The molecule has 1 amide bonds. The van der Waals surface area contributed by atoms with Crippen molar-refractivity contribution in [1.82, 2.24) is 4.90 Å². The third-order valence-corrected chi connectivity index (χ3v) is 6.02. The van der Waals surface area contributed by atoms with Crippen molar-refractivity contribution >= 4 is 40.4 Å². The summed E-state index contributed by atoms with van der Waals surface area (Å²) in [6.45, 7) is 6.65. The van der Waals surface area contributed by atoms with E-state index in [4.69, 9.17) is 14.2 Å². The average Bonchev–Trinajstić information content (AvgIpc) is 2.95. The summed E-state index contributed by atoms with van der Waals surface area (Å²) in [4.78, 5) is 40.3. The van der Waals surface area contributed by atoms with Gasteiger partial charge in [-0.1, -0.05) is 6.07 Å². The number of carbonyl (C=O) groups excluding carboxylic acids is 3. The lowest BCUT2D eigenvalue weighted by atomic mass is 9.77. The topological polar surface area (TPSA) is 82.1 Å². The number of ketones is 1. The fraction of sp³-hybridized carbons (Fsp3) is 0.409. The molecular formula is C22H21FINO6. The number of benzene rings is 1. The molecule has 164 valence electrons. The maximum Gasteiger partial charge on any atom is 0.419 e. The molecule has 0 spiro atoms. The smallest absolute Gasteiger partial charge is 0.419 e.